The minimum Gasteiger partial charge on any atom is -0.421 e. The first-order valence-corrected chi connectivity index (χ1v) is 10.1. The highest BCUT2D eigenvalue weighted by molar-refractivity contribution is 9.10. The van der Waals surface area contributed by atoms with Crippen molar-refractivity contribution in [2.24, 2.45) is 0 Å². The molecule has 0 saturated carbocycles. The number of aromatic nitrogens is 2. The van der Waals surface area contributed by atoms with Crippen molar-refractivity contribution in [2.75, 3.05) is 18.4 Å². The number of hydrogen-bond donors (Lipinski definition) is 1. The summed E-state index contributed by atoms with van der Waals surface area (Å²) in [6.45, 7) is 3.60. The maximum absolute atomic E-state index is 13.2. The van der Waals surface area contributed by atoms with E-state index in [0.29, 0.717) is 17.5 Å². The molecule has 3 aromatic rings. The third kappa shape index (κ3) is 4.15. The molecule has 1 aliphatic rings. The molecule has 1 amide bonds. The largest absolute Gasteiger partial charge is 0.421 e. The molecular weight excluding hydrogens is 420 g/mol. The molecule has 1 atom stereocenters. The summed E-state index contributed by atoms with van der Waals surface area (Å²) in [5.41, 5.74) is 2.48. The first-order valence-electron chi connectivity index (χ1n) is 9.31. The Morgan fingerprint density at radius 2 is 1.89 bits per heavy atom. The van der Waals surface area contributed by atoms with Crippen LogP contribution in [0.2, 0.25) is 0 Å². The van der Waals surface area contributed by atoms with Crippen LogP contribution in [-0.4, -0.2) is 34.1 Å². The van der Waals surface area contributed by atoms with Gasteiger partial charge in [0.1, 0.15) is 6.04 Å². The monoisotopic (exact) mass is 440 g/mol. The van der Waals surface area contributed by atoms with E-state index in [2.05, 4.69) is 36.3 Å². The van der Waals surface area contributed by atoms with Crippen molar-refractivity contribution in [1.82, 2.24) is 15.1 Å². The van der Waals surface area contributed by atoms with E-state index in [4.69, 9.17) is 4.42 Å². The number of likely N-dealkylation sites (tertiary alicyclic amines) is 1. The second kappa shape index (κ2) is 8.24. The molecular formula is C21H21BrN4O2. The van der Waals surface area contributed by atoms with Gasteiger partial charge in [-0.25, -0.2) is 0 Å². The van der Waals surface area contributed by atoms with Gasteiger partial charge in [-0.2, -0.15) is 0 Å². The molecule has 2 aromatic carbocycles. The number of nitrogens with one attached hydrogen (secondary N) is 1. The van der Waals surface area contributed by atoms with E-state index in [1.807, 2.05) is 48.5 Å². The molecule has 1 N–H and O–H groups in total. The molecule has 0 spiro atoms. The zero-order valence-electron chi connectivity index (χ0n) is 15.6. The number of nitrogens with zero attached hydrogens (tertiary/aromatic N) is 3. The first-order chi connectivity index (χ1) is 13.6. The Kier molecular flexibility index (Phi) is 5.54. The summed E-state index contributed by atoms with van der Waals surface area (Å²) in [4.78, 5) is 15.5. The fraction of sp³-hybridized carbons (Fsp3) is 0.286. The maximum Gasteiger partial charge on any atom is 0.247 e. The van der Waals surface area contributed by atoms with Crippen molar-refractivity contribution in [2.45, 2.75) is 25.8 Å². The van der Waals surface area contributed by atoms with E-state index in [1.54, 1.807) is 6.92 Å². The molecule has 144 valence electrons. The lowest BCUT2D eigenvalue weighted by molar-refractivity contribution is -0.121. The lowest BCUT2D eigenvalue weighted by Gasteiger charge is -2.27. The highest BCUT2D eigenvalue weighted by Gasteiger charge is 2.29. The molecule has 6 nitrogen and oxygen atoms in total. The number of benzene rings is 2. The lowest BCUT2D eigenvalue weighted by Crippen LogP contribution is -2.35. The summed E-state index contributed by atoms with van der Waals surface area (Å²) in [5.74, 6) is 0.912. The Hall–Kier alpha value is -2.51. The van der Waals surface area contributed by atoms with Crippen molar-refractivity contribution in [3.05, 3.63) is 64.5 Å². The third-order valence-electron chi connectivity index (χ3n) is 4.84. The van der Waals surface area contributed by atoms with Gasteiger partial charge in [-0.05, 0) is 61.8 Å². The number of amides is 1. The van der Waals surface area contributed by atoms with Crippen LogP contribution < -0.4 is 5.32 Å². The van der Waals surface area contributed by atoms with E-state index in [1.165, 1.54) is 0 Å². The van der Waals surface area contributed by atoms with Gasteiger partial charge in [0, 0.05) is 22.6 Å². The van der Waals surface area contributed by atoms with Gasteiger partial charge in [0.05, 0.1) is 0 Å². The van der Waals surface area contributed by atoms with E-state index >= 15 is 0 Å². The van der Waals surface area contributed by atoms with Crippen molar-refractivity contribution in [3.8, 4) is 11.5 Å². The van der Waals surface area contributed by atoms with Gasteiger partial charge in [0.25, 0.3) is 0 Å². The van der Waals surface area contributed by atoms with Crippen LogP contribution in [0.15, 0.2) is 57.4 Å². The summed E-state index contributed by atoms with van der Waals surface area (Å²) in [6.07, 6.45) is 2.23. The van der Waals surface area contributed by atoms with Gasteiger partial charge in [0.2, 0.25) is 17.7 Å². The molecule has 0 aliphatic carbocycles. The van der Waals surface area contributed by atoms with Gasteiger partial charge >= 0.3 is 0 Å². The zero-order chi connectivity index (χ0) is 19.5. The molecule has 1 saturated heterocycles. The van der Waals surface area contributed by atoms with Crippen LogP contribution in [0.4, 0.5) is 5.69 Å². The fourth-order valence-corrected chi connectivity index (χ4v) is 3.79. The second-order valence-corrected chi connectivity index (χ2v) is 7.81. The molecule has 0 bridgehead atoms. The van der Waals surface area contributed by atoms with Crippen LogP contribution >= 0.6 is 15.9 Å². The minimum absolute atomic E-state index is 0.0388. The summed E-state index contributed by atoms with van der Waals surface area (Å²) in [5, 5.41) is 11.0. The number of halogens is 1. The van der Waals surface area contributed by atoms with Gasteiger partial charge < -0.3 is 9.73 Å². The van der Waals surface area contributed by atoms with Gasteiger partial charge in [0.15, 0.2) is 0 Å². The smallest absolute Gasteiger partial charge is 0.247 e. The Morgan fingerprint density at radius 3 is 2.57 bits per heavy atom. The molecule has 1 aliphatic heterocycles. The summed E-state index contributed by atoms with van der Waals surface area (Å²) >= 11 is 3.47. The Bertz CT molecular complexity index is 965. The predicted octanol–water partition coefficient (Wildman–Crippen LogP) is 4.58. The number of carbonyl (C=O) groups is 1. The van der Waals surface area contributed by atoms with Crippen LogP contribution in [0, 0.1) is 6.92 Å². The average Bonchev–Trinajstić information content (AvgIpc) is 3.36. The topological polar surface area (TPSA) is 71.3 Å². The molecule has 2 heterocycles. The summed E-state index contributed by atoms with van der Waals surface area (Å²) < 4.78 is 6.49. The van der Waals surface area contributed by atoms with Crippen LogP contribution in [0.3, 0.4) is 0 Å². The van der Waals surface area contributed by atoms with E-state index in [-0.39, 0.29) is 11.9 Å². The maximum atomic E-state index is 13.2. The van der Waals surface area contributed by atoms with Gasteiger partial charge in [-0.15, -0.1) is 10.2 Å². The predicted molar refractivity (Wildman–Crippen MR) is 111 cm³/mol. The standard InChI is InChI=1S/C21H21BrN4O2/c1-14-24-25-21(28-14)16-5-4-6-18(13-16)23-20(27)19(26-11-2-3-12-26)15-7-9-17(22)10-8-15/h4-10,13,19H,2-3,11-12H2,1H3,(H,23,27)/t19-/m0/s1. The summed E-state index contributed by atoms with van der Waals surface area (Å²) in [6, 6.07) is 15.1. The zero-order valence-corrected chi connectivity index (χ0v) is 17.1. The quantitative estimate of drug-likeness (QED) is 0.628. The van der Waals surface area contributed by atoms with E-state index in [0.717, 1.165) is 41.5 Å². The first kappa shape index (κ1) is 18.8. The second-order valence-electron chi connectivity index (χ2n) is 6.89. The average molecular weight is 441 g/mol. The number of anilines is 1. The lowest BCUT2D eigenvalue weighted by atomic mass is 10.0. The summed E-state index contributed by atoms with van der Waals surface area (Å²) in [7, 11) is 0. The number of rotatable bonds is 5. The van der Waals surface area contributed by atoms with Crippen molar-refractivity contribution in [3.63, 3.8) is 0 Å². The minimum atomic E-state index is -0.315. The Labute approximate surface area is 172 Å². The molecule has 28 heavy (non-hydrogen) atoms. The van der Waals surface area contributed by atoms with Crippen LogP contribution in [0.1, 0.15) is 30.3 Å². The SMILES string of the molecule is Cc1nnc(-c2cccc(NC(=O)[C@H](c3ccc(Br)cc3)N3CCCC3)c2)o1. The number of aryl methyl sites for hydroxylation is 1. The fourth-order valence-electron chi connectivity index (χ4n) is 3.53. The highest BCUT2D eigenvalue weighted by Crippen LogP contribution is 2.28. The number of hydrogen-bond acceptors (Lipinski definition) is 5. The highest BCUT2D eigenvalue weighted by atomic mass is 79.9. The molecule has 1 aromatic heterocycles. The molecule has 0 radical (unpaired) electrons. The van der Waals surface area contributed by atoms with Gasteiger partial charge in [-0.1, -0.05) is 34.1 Å². The van der Waals surface area contributed by atoms with Crippen molar-refractivity contribution >= 4 is 27.5 Å². The molecule has 0 unspecified atom stereocenters. The number of carbonyl (C=O) groups excluding carboxylic acids is 1. The van der Waals surface area contributed by atoms with Crippen molar-refractivity contribution in [1.29, 1.82) is 0 Å². The normalized spacial score (nSPS) is 15.5. The molecule has 7 heteroatoms. The van der Waals surface area contributed by atoms with E-state index < -0.39 is 0 Å². The van der Waals surface area contributed by atoms with Crippen LogP contribution in [-0.2, 0) is 4.79 Å². The Morgan fingerprint density at radius 1 is 1.14 bits per heavy atom. The van der Waals surface area contributed by atoms with Crippen molar-refractivity contribution < 1.29 is 9.21 Å². The van der Waals surface area contributed by atoms with Crippen LogP contribution in [0.25, 0.3) is 11.5 Å². The molecule has 4 rings (SSSR count). The van der Waals surface area contributed by atoms with Crippen LogP contribution in [0.5, 0.6) is 0 Å². The third-order valence-corrected chi connectivity index (χ3v) is 5.37. The van der Waals surface area contributed by atoms with Gasteiger partial charge in [-0.3, -0.25) is 9.69 Å². The molecule has 1 fully saturated rings. The van der Waals surface area contributed by atoms with E-state index in [9.17, 15) is 4.79 Å². The Balaban J connectivity index is 1.58.